The topological polar surface area (TPSA) is 32.3 Å². The van der Waals surface area contributed by atoms with Crippen LogP contribution in [0.5, 0.6) is 0 Å². The molecule has 0 aromatic heterocycles. The second kappa shape index (κ2) is 8.39. The summed E-state index contributed by atoms with van der Waals surface area (Å²) in [4.78, 5) is 14.1. The number of nitrogens with zero attached hydrogens (tertiary/aromatic N) is 1. The molecule has 0 radical (unpaired) electrons. The van der Waals surface area contributed by atoms with Crippen molar-refractivity contribution in [2.24, 2.45) is 11.8 Å². The number of rotatable bonds is 6. The fraction of sp³-hybridized carbons (Fsp3) is 0.611. The lowest BCUT2D eigenvalue weighted by Gasteiger charge is -2.30. The van der Waals surface area contributed by atoms with Crippen molar-refractivity contribution in [3.8, 4) is 0 Å². The molecule has 1 fully saturated rings. The van der Waals surface area contributed by atoms with Gasteiger partial charge in [0, 0.05) is 18.5 Å². The van der Waals surface area contributed by atoms with E-state index in [1.165, 1.54) is 18.2 Å². The van der Waals surface area contributed by atoms with Gasteiger partial charge in [0.2, 0.25) is 5.91 Å². The molecule has 3 nitrogen and oxygen atoms in total. The lowest BCUT2D eigenvalue weighted by Crippen LogP contribution is -2.35. The van der Waals surface area contributed by atoms with Crippen LogP contribution in [0.3, 0.4) is 0 Å². The fourth-order valence-corrected chi connectivity index (χ4v) is 3.24. The Morgan fingerprint density at radius 3 is 2.48 bits per heavy atom. The van der Waals surface area contributed by atoms with E-state index in [9.17, 15) is 13.6 Å². The molecule has 0 spiro atoms. The average Bonchev–Trinajstić information content (AvgIpc) is 2.55. The molecule has 2 rings (SSSR count). The smallest absolute Gasteiger partial charge is 0.223 e. The lowest BCUT2D eigenvalue weighted by atomic mass is 9.84. The summed E-state index contributed by atoms with van der Waals surface area (Å²) in [5, 5.41) is 3.32. The van der Waals surface area contributed by atoms with Crippen LogP contribution in [0.4, 0.5) is 8.78 Å². The first kappa shape index (κ1) is 17.9. The molecule has 1 aliphatic rings. The van der Waals surface area contributed by atoms with Gasteiger partial charge in [-0.3, -0.25) is 4.79 Å². The van der Waals surface area contributed by atoms with E-state index < -0.39 is 11.6 Å². The van der Waals surface area contributed by atoms with Crippen molar-refractivity contribution in [1.82, 2.24) is 10.2 Å². The van der Waals surface area contributed by atoms with Gasteiger partial charge in [-0.05, 0) is 56.8 Å². The standard InChI is InChI=1S/C18H26F2N2O/c1-3-22(12-15-16(19)5-4-6-17(15)20)18(23)11-13(2)14-7-9-21-10-8-14/h4-6,13-14,21H,3,7-12H2,1-2H3. The van der Waals surface area contributed by atoms with Crippen molar-refractivity contribution in [2.75, 3.05) is 19.6 Å². The number of piperidine rings is 1. The van der Waals surface area contributed by atoms with E-state index in [-0.39, 0.29) is 18.0 Å². The fourth-order valence-electron chi connectivity index (χ4n) is 3.24. The highest BCUT2D eigenvalue weighted by Crippen LogP contribution is 2.25. The maximum Gasteiger partial charge on any atom is 0.223 e. The number of carbonyl (C=O) groups is 1. The molecule has 0 aliphatic carbocycles. The zero-order valence-corrected chi connectivity index (χ0v) is 13.9. The van der Waals surface area contributed by atoms with E-state index in [0.717, 1.165) is 25.9 Å². The molecule has 1 N–H and O–H groups in total. The van der Waals surface area contributed by atoms with Crippen LogP contribution in [-0.2, 0) is 11.3 Å². The van der Waals surface area contributed by atoms with Gasteiger partial charge in [-0.2, -0.15) is 0 Å². The summed E-state index contributed by atoms with van der Waals surface area (Å²) < 4.78 is 27.6. The predicted octanol–water partition coefficient (Wildman–Crippen LogP) is 3.34. The highest BCUT2D eigenvalue weighted by Gasteiger charge is 2.24. The van der Waals surface area contributed by atoms with Gasteiger partial charge in [0.1, 0.15) is 11.6 Å². The lowest BCUT2D eigenvalue weighted by molar-refractivity contribution is -0.133. The molecule has 1 aliphatic heterocycles. The molecule has 23 heavy (non-hydrogen) atoms. The summed E-state index contributed by atoms with van der Waals surface area (Å²) >= 11 is 0. The summed E-state index contributed by atoms with van der Waals surface area (Å²) in [5.41, 5.74) is -0.0304. The molecule has 0 bridgehead atoms. The first-order valence-electron chi connectivity index (χ1n) is 8.44. The molecule has 1 amide bonds. The van der Waals surface area contributed by atoms with Crippen LogP contribution < -0.4 is 5.32 Å². The van der Waals surface area contributed by atoms with Gasteiger partial charge in [0.15, 0.2) is 0 Å². The van der Waals surface area contributed by atoms with Crippen molar-refractivity contribution in [3.63, 3.8) is 0 Å². The first-order chi connectivity index (χ1) is 11.0. The Kier molecular flexibility index (Phi) is 6.51. The number of amides is 1. The van der Waals surface area contributed by atoms with Crippen LogP contribution in [0.25, 0.3) is 0 Å². The van der Waals surface area contributed by atoms with Gasteiger partial charge in [0.25, 0.3) is 0 Å². The minimum absolute atomic E-state index is 0.00716. The van der Waals surface area contributed by atoms with Gasteiger partial charge in [-0.1, -0.05) is 13.0 Å². The molecule has 1 saturated heterocycles. The summed E-state index contributed by atoms with van der Waals surface area (Å²) in [6.45, 7) is 6.39. The van der Waals surface area contributed by atoms with Gasteiger partial charge in [-0.25, -0.2) is 8.78 Å². The molecule has 1 aromatic carbocycles. The van der Waals surface area contributed by atoms with Crippen LogP contribution >= 0.6 is 0 Å². The number of benzene rings is 1. The highest BCUT2D eigenvalue weighted by atomic mass is 19.1. The van der Waals surface area contributed by atoms with Crippen molar-refractivity contribution in [1.29, 1.82) is 0 Å². The first-order valence-corrected chi connectivity index (χ1v) is 8.44. The maximum absolute atomic E-state index is 13.8. The minimum Gasteiger partial charge on any atom is -0.338 e. The number of hydrogen-bond donors (Lipinski definition) is 1. The summed E-state index contributed by atoms with van der Waals surface area (Å²) in [6.07, 6.45) is 2.61. The van der Waals surface area contributed by atoms with Gasteiger partial charge < -0.3 is 10.2 Å². The van der Waals surface area contributed by atoms with Crippen LogP contribution in [0.1, 0.15) is 38.7 Å². The zero-order valence-electron chi connectivity index (χ0n) is 13.9. The highest BCUT2D eigenvalue weighted by molar-refractivity contribution is 5.76. The molecule has 0 saturated carbocycles. The largest absolute Gasteiger partial charge is 0.338 e. The van der Waals surface area contributed by atoms with E-state index in [1.807, 2.05) is 6.92 Å². The predicted molar refractivity (Wildman–Crippen MR) is 86.8 cm³/mol. The molecule has 1 heterocycles. The van der Waals surface area contributed by atoms with Gasteiger partial charge >= 0.3 is 0 Å². The molecule has 5 heteroatoms. The summed E-state index contributed by atoms with van der Waals surface area (Å²) in [6, 6.07) is 3.80. The number of carbonyl (C=O) groups excluding carboxylic acids is 1. The van der Waals surface area contributed by atoms with E-state index in [0.29, 0.717) is 24.8 Å². The Morgan fingerprint density at radius 2 is 1.91 bits per heavy atom. The number of hydrogen-bond acceptors (Lipinski definition) is 2. The monoisotopic (exact) mass is 324 g/mol. The quantitative estimate of drug-likeness (QED) is 0.870. The van der Waals surface area contributed by atoms with Crippen molar-refractivity contribution >= 4 is 5.91 Å². The van der Waals surface area contributed by atoms with Crippen molar-refractivity contribution < 1.29 is 13.6 Å². The molecular weight excluding hydrogens is 298 g/mol. The van der Waals surface area contributed by atoms with Crippen molar-refractivity contribution in [3.05, 3.63) is 35.4 Å². The second-order valence-electron chi connectivity index (χ2n) is 6.38. The van der Waals surface area contributed by atoms with Crippen LogP contribution in [-0.4, -0.2) is 30.4 Å². The van der Waals surface area contributed by atoms with Crippen LogP contribution in [0.15, 0.2) is 18.2 Å². The third-order valence-corrected chi connectivity index (χ3v) is 4.83. The van der Waals surface area contributed by atoms with Crippen LogP contribution in [0.2, 0.25) is 0 Å². The van der Waals surface area contributed by atoms with E-state index in [4.69, 9.17) is 0 Å². The van der Waals surface area contributed by atoms with Crippen molar-refractivity contribution in [2.45, 2.75) is 39.7 Å². The van der Waals surface area contributed by atoms with E-state index in [1.54, 1.807) is 4.90 Å². The Labute approximate surface area is 137 Å². The summed E-state index contributed by atoms with van der Waals surface area (Å²) in [7, 11) is 0. The third kappa shape index (κ3) is 4.74. The SMILES string of the molecule is CCN(Cc1c(F)cccc1F)C(=O)CC(C)C1CCNCC1. The Morgan fingerprint density at radius 1 is 1.30 bits per heavy atom. The zero-order chi connectivity index (χ0) is 16.8. The molecule has 128 valence electrons. The molecule has 1 aromatic rings. The maximum atomic E-state index is 13.8. The minimum atomic E-state index is -0.595. The average molecular weight is 324 g/mol. The van der Waals surface area contributed by atoms with Gasteiger partial charge in [-0.15, -0.1) is 0 Å². The number of nitrogens with one attached hydrogen (secondary N) is 1. The molecule has 1 atom stereocenters. The second-order valence-corrected chi connectivity index (χ2v) is 6.38. The van der Waals surface area contributed by atoms with E-state index >= 15 is 0 Å². The molecular formula is C18H26F2N2O. The normalized spacial score (nSPS) is 17.0. The number of halogens is 2. The Bertz CT molecular complexity index is 510. The molecule has 1 unspecified atom stereocenters. The summed E-state index contributed by atoms with van der Waals surface area (Å²) in [5.74, 6) is -0.375. The van der Waals surface area contributed by atoms with E-state index in [2.05, 4.69) is 12.2 Å². The Balaban J connectivity index is 1.98. The third-order valence-electron chi connectivity index (χ3n) is 4.83. The Hall–Kier alpha value is -1.49. The van der Waals surface area contributed by atoms with Crippen LogP contribution in [0, 0.1) is 23.5 Å². The van der Waals surface area contributed by atoms with Gasteiger partial charge in [0.05, 0.1) is 6.54 Å².